The highest BCUT2D eigenvalue weighted by Crippen LogP contribution is 2.19. The van der Waals surface area contributed by atoms with Crippen LogP contribution in [0.15, 0.2) is 53.4 Å². The standard InChI is InChI=1S/C19H17F2NO3S/c1-3-12-22(13-15-4-6-16(20)7-5-15)19(23)14(2)26(24,25)18-10-8-17(21)9-11-18/h1,4-11,14H,12-13H2,2H3. The Morgan fingerprint density at radius 1 is 1.08 bits per heavy atom. The zero-order valence-corrected chi connectivity index (χ0v) is 14.8. The van der Waals surface area contributed by atoms with Crippen LogP contribution in [0.4, 0.5) is 8.78 Å². The van der Waals surface area contributed by atoms with E-state index in [1.165, 1.54) is 36.1 Å². The van der Waals surface area contributed by atoms with Crippen LogP contribution in [0.3, 0.4) is 0 Å². The van der Waals surface area contributed by atoms with E-state index >= 15 is 0 Å². The molecule has 1 atom stereocenters. The number of rotatable bonds is 6. The van der Waals surface area contributed by atoms with Crippen molar-refractivity contribution < 1.29 is 22.0 Å². The van der Waals surface area contributed by atoms with E-state index in [0.717, 1.165) is 24.3 Å². The number of terminal acetylenes is 1. The average Bonchev–Trinajstić information content (AvgIpc) is 2.62. The Labute approximate surface area is 151 Å². The summed E-state index contributed by atoms with van der Waals surface area (Å²) < 4.78 is 51.3. The van der Waals surface area contributed by atoms with Crippen LogP contribution >= 0.6 is 0 Å². The van der Waals surface area contributed by atoms with Gasteiger partial charge in [-0.05, 0) is 48.9 Å². The number of hydrogen-bond acceptors (Lipinski definition) is 3. The van der Waals surface area contributed by atoms with Crippen molar-refractivity contribution in [2.75, 3.05) is 6.54 Å². The second-order valence-corrected chi connectivity index (χ2v) is 7.93. The van der Waals surface area contributed by atoms with Gasteiger partial charge in [0, 0.05) is 6.54 Å². The summed E-state index contributed by atoms with van der Waals surface area (Å²) in [7, 11) is -4.00. The third-order valence-electron chi connectivity index (χ3n) is 3.84. The molecule has 1 amide bonds. The van der Waals surface area contributed by atoms with E-state index in [-0.39, 0.29) is 18.0 Å². The van der Waals surface area contributed by atoms with E-state index in [9.17, 15) is 22.0 Å². The minimum atomic E-state index is -4.00. The van der Waals surface area contributed by atoms with Crippen LogP contribution in [0.1, 0.15) is 12.5 Å². The van der Waals surface area contributed by atoms with Crippen molar-refractivity contribution in [2.24, 2.45) is 0 Å². The molecule has 0 aliphatic rings. The third-order valence-corrected chi connectivity index (χ3v) is 5.90. The van der Waals surface area contributed by atoms with Crippen LogP contribution in [0.2, 0.25) is 0 Å². The lowest BCUT2D eigenvalue weighted by Gasteiger charge is -2.24. The molecular weight excluding hydrogens is 360 g/mol. The SMILES string of the molecule is C#CCN(Cc1ccc(F)cc1)C(=O)C(C)S(=O)(=O)c1ccc(F)cc1. The highest BCUT2D eigenvalue weighted by molar-refractivity contribution is 7.92. The minimum Gasteiger partial charge on any atom is -0.326 e. The summed E-state index contributed by atoms with van der Waals surface area (Å²) in [6.07, 6.45) is 5.29. The number of halogens is 2. The summed E-state index contributed by atoms with van der Waals surface area (Å²) >= 11 is 0. The largest absolute Gasteiger partial charge is 0.326 e. The van der Waals surface area contributed by atoms with Crippen molar-refractivity contribution in [1.82, 2.24) is 4.90 Å². The highest BCUT2D eigenvalue weighted by Gasteiger charge is 2.32. The molecule has 1 unspecified atom stereocenters. The van der Waals surface area contributed by atoms with Gasteiger partial charge in [0.05, 0.1) is 11.4 Å². The zero-order valence-electron chi connectivity index (χ0n) is 14.0. The summed E-state index contributed by atoms with van der Waals surface area (Å²) in [5.74, 6) is 0.641. The Morgan fingerprint density at radius 2 is 1.58 bits per heavy atom. The molecule has 0 aromatic heterocycles. The van der Waals surface area contributed by atoms with Crippen molar-refractivity contribution in [3.63, 3.8) is 0 Å². The summed E-state index contributed by atoms with van der Waals surface area (Å²) in [6.45, 7) is 1.21. The molecule has 0 aliphatic carbocycles. The predicted molar refractivity (Wildman–Crippen MR) is 93.7 cm³/mol. The first kappa shape index (κ1) is 19.6. The molecule has 2 aromatic carbocycles. The number of carbonyl (C=O) groups is 1. The molecule has 2 rings (SSSR count). The molecule has 4 nitrogen and oxygen atoms in total. The van der Waals surface area contributed by atoms with Gasteiger partial charge in [0.1, 0.15) is 16.9 Å². The van der Waals surface area contributed by atoms with Gasteiger partial charge in [0.2, 0.25) is 5.91 Å². The lowest BCUT2D eigenvalue weighted by molar-refractivity contribution is -0.130. The minimum absolute atomic E-state index is 0.0482. The predicted octanol–water partition coefficient (Wildman–Crippen LogP) is 2.79. The molecule has 0 spiro atoms. The Hall–Kier alpha value is -2.72. The molecule has 0 saturated carbocycles. The lowest BCUT2D eigenvalue weighted by atomic mass is 10.2. The van der Waals surface area contributed by atoms with Gasteiger partial charge in [-0.2, -0.15) is 0 Å². The molecule has 7 heteroatoms. The number of hydrogen-bond donors (Lipinski definition) is 0. The molecule has 26 heavy (non-hydrogen) atoms. The van der Waals surface area contributed by atoms with Gasteiger partial charge in [-0.3, -0.25) is 4.79 Å². The summed E-state index contributed by atoms with van der Waals surface area (Å²) in [5, 5.41) is -1.40. The maximum absolute atomic E-state index is 13.0. The van der Waals surface area contributed by atoms with Gasteiger partial charge in [0.15, 0.2) is 9.84 Å². The van der Waals surface area contributed by atoms with Gasteiger partial charge in [-0.25, -0.2) is 17.2 Å². The quantitative estimate of drug-likeness (QED) is 0.575. The molecule has 0 radical (unpaired) electrons. The smallest absolute Gasteiger partial charge is 0.242 e. The molecule has 0 saturated heterocycles. The maximum Gasteiger partial charge on any atom is 0.242 e. The van der Waals surface area contributed by atoms with Crippen LogP contribution in [0.5, 0.6) is 0 Å². The topological polar surface area (TPSA) is 54.5 Å². The second-order valence-electron chi connectivity index (χ2n) is 5.67. The Morgan fingerprint density at radius 3 is 2.08 bits per heavy atom. The monoisotopic (exact) mass is 377 g/mol. The van der Waals surface area contributed by atoms with Crippen LogP contribution < -0.4 is 0 Å². The third kappa shape index (κ3) is 4.46. The van der Waals surface area contributed by atoms with Crippen LogP contribution in [-0.2, 0) is 21.2 Å². The van der Waals surface area contributed by atoms with Crippen LogP contribution in [0, 0.1) is 24.0 Å². The fourth-order valence-corrected chi connectivity index (χ4v) is 3.69. The molecule has 0 bridgehead atoms. The summed E-state index contributed by atoms with van der Waals surface area (Å²) in [6, 6.07) is 9.72. The number of sulfone groups is 1. The molecule has 0 aliphatic heterocycles. The van der Waals surface area contributed by atoms with Crippen LogP contribution in [0.25, 0.3) is 0 Å². The highest BCUT2D eigenvalue weighted by atomic mass is 32.2. The number of nitrogens with zero attached hydrogens (tertiary/aromatic N) is 1. The lowest BCUT2D eigenvalue weighted by Crippen LogP contribution is -2.41. The van der Waals surface area contributed by atoms with Crippen molar-refractivity contribution in [3.8, 4) is 12.3 Å². The van der Waals surface area contributed by atoms with Gasteiger partial charge in [-0.1, -0.05) is 18.1 Å². The average molecular weight is 377 g/mol. The first-order valence-corrected chi connectivity index (χ1v) is 9.26. The zero-order chi connectivity index (χ0) is 19.3. The van der Waals surface area contributed by atoms with Gasteiger partial charge >= 0.3 is 0 Å². The molecule has 136 valence electrons. The van der Waals surface area contributed by atoms with E-state index in [1.54, 1.807) is 0 Å². The van der Waals surface area contributed by atoms with E-state index in [1.807, 2.05) is 0 Å². The van der Waals surface area contributed by atoms with Crippen LogP contribution in [-0.4, -0.2) is 31.0 Å². The number of carbonyl (C=O) groups excluding carboxylic acids is 1. The molecule has 0 N–H and O–H groups in total. The van der Waals surface area contributed by atoms with Crippen molar-refractivity contribution in [1.29, 1.82) is 0 Å². The summed E-state index contributed by atoms with van der Waals surface area (Å²) in [5.41, 5.74) is 0.612. The fraction of sp³-hybridized carbons (Fsp3) is 0.211. The second kappa shape index (κ2) is 8.11. The molecule has 2 aromatic rings. The van der Waals surface area contributed by atoms with E-state index in [4.69, 9.17) is 6.42 Å². The first-order valence-electron chi connectivity index (χ1n) is 7.72. The van der Waals surface area contributed by atoms with Crippen molar-refractivity contribution in [3.05, 3.63) is 65.7 Å². The van der Waals surface area contributed by atoms with Gasteiger partial charge in [-0.15, -0.1) is 6.42 Å². The Bertz CT molecular complexity index is 917. The fourth-order valence-electron chi connectivity index (χ4n) is 2.35. The molecular formula is C19H17F2NO3S. The van der Waals surface area contributed by atoms with Gasteiger partial charge < -0.3 is 4.90 Å². The van der Waals surface area contributed by atoms with Crippen molar-refractivity contribution in [2.45, 2.75) is 23.6 Å². The molecule has 0 fully saturated rings. The Kier molecular flexibility index (Phi) is 6.11. The molecule has 0 heterocycles. The maximum atomic E-state index is 13.0. The van der Waals surface area contributed by atoms with E-state index in [2.05, 4.69) is 5.92 Å². The summed E-state index contributed by atoms with van der Waals surface area (Å²) in [4.78, 5) is 13.8. The normalized spacial score (nSPS) is 12.2. The van der Waals surface area contributed by atoms with E-state index in [0.29, 0.717) is 5.56 Å². The van der Waals surface area contributed by atoms with Crippen molar-refractivity contribution >= 4 is 15.7 Å². The number of benzene rings is 2. The number of amides is 1. The van der Waals surface area contributed by atoms with E-state index < -0.39 is 32.6 Å². The van der Waals surface area contributed by atoms with Gasteiger partial charge in [0.25, 0.3) is 0 Å². The first-order chi connectivity index (χ1) is 12.3. The Balaban J connectivity index is 2.25.